The molecule has 0 spiro atoms. The molecule has 0 aliphatic carbocycles. The Balaban J connectivity index is 1.97. The Morgan fingerprint density at radius 3 is 2.93 bits per heavy atom. The largest absolute Gasteiger partial charge is 0.361 e. The minimum atomic E-state index is 0.843. The zero-order chi connectivity index (χ0) is 9.38. The molecular weight excluding hydrogens is 172 g/mol. The first kappa shape index (κ1) is 8.06. The molecule has 0 radical (unpaired) electrons. The minimum absolute atomic E-state index is 0.843. The Bertz CT molecular complexity index is 440. The second-order valence-corrected chi connectivity index (χ2v) is 4.08. The maximum atomic E-state index is 3.32. The van der Waals surface area contributed by atoms with Crippen LogP contribution in [0.25, 0.3) is 10.9 Å². The number of aromatic amines is 1. The average molecular weight is 186 g/mol. The second-order valence-electron chi connectivity index (χ2n) is 4.08. The standard InChI is InChI=1S/C12H14N2/c1-2-10(6-9-7-13-8-9)11-4-5-14-12(11)3-1/h1-5,9,13-14H,6-8H2. The van der Waals surface area contributed by atoms with E-state index in [4.69, 9.17) is 0 Å². The molecule has 2 nitrogen and oxygen atoms in total. The minimum Gasteiger partial charge on any atom is -0.361 e. The van der Waals surface area contributed by atoms with Crippen LogP contribution < -0.4 is 5.32 Å². The van der Waals surface area contributed by atoms with Gasteiger partial charge in [0.1, 0.15) is 0 Å². The van der Waals surface area contributed by atoms with Crippen LogP contribution in [0.2, 0.25) is 0 Å². The van der Waals surface area contributed by atoms with Crippen LogP contribution in [0, 0.1) is 5.92 Å². The smallest absolute Gasteiger partial charge is 0.0456 e. The van der Waals surface area contributed by atoms with Gasteiger partial charge >= 0.3 is 0 Å². The highest BCUT2D eigenvalue weighted by Gasteiger charge is 2.17. The molecule has 3 rings (SSSR count). The summed E-state index contributed by atoms with van der Waals surface area (Å²) in [6.45, 7) is 2.36. The fourth-order valence-corrected chi connectivity index (χ4v) is 2.13. The number of hydrogen-bond donors (Lipinski definition) is 2. The van der Waals surface area contributed by atoms with Crippen LogP contribution in [0.3, 0.4) is 0 Å². The quantitative estimate of drug-likeness (QED) is 0.737. The summed E-state index contributed by atoms with van der Waals surface area (Å²) in [7, 11) is 0. The summed E-state index contributed by atoms with van der Waals surface area (Å²) in [6.07, 6.45) is 3.23. The van der Waals surface area contributed by atoms with Gasteiger partial charge in [0, 0.05) is 17.1 Å². The van der Waals surface area contributed by atoms with Gasteiger partial charge in [0.15, 0.2) is 0 Å². The Morgan fingerprint density at radius 2 is 2.14 bits per heavy atom. The third-order valence-electron chi connectivity index (χ3n) is 3.06. The summed E-state index contributed by atoms with van der Waals surface area (Å²) in [6, 6.07) is 8.70. The number of benzene rings is 1. The summed E-state index contributed by atoms with van der Waals surface area (Å²) < 4.78 is 0. The number of nitrogens with one attached hydrogen (secondary N) is 2. The van der Waals surface area contributed by atoms with Gasteiger partial charge in [0.25, 0.3) is 0 Å². The van der Waals surface area contributed by atoms with E-state index in [1.54, 1.807) is 0 Å². The molecule has 1 aliphatic heterocycles. The predicted molar refractivity (Wildman–Crippen MR) is 58.4 cm³/mol. The monoisotopic (exact) mass is 186 g/mol. The lowest BCUT2D eigenvalue weighted by atomic mass is 9.93. The summed E-state index contributed by atoms with van der Waals surface area (Å²) in [5.74, 6) is 0.843. The van der Waals surface area contributed by atoms with Crippen molar-refractivity contribution in [3.8, 4) is 0 Å². The van der Waals surface area contributed by atoms with Crippen molar-refractivity contribution in [3.63, 3.8) is 0 Å². The Morgan fingerprint density at radius 1 is 1.21 bits per heavy atom. The van der Waals surface area contributed by atoms with Crippen molar-refractivity contribution in [2.75, 3.05) is 13.1 Å². The fourth-order valence-electron chi connectivity index (χ4n) is 2.13. The molecule has 2 heterocycles. The molecule has 1 saturated heterocycles. The van der Waals surface area contributed by atoms with Crippen molar-refractivity contribution in [1.82, 2.24) is 10.3 Å². The van der Waals surface area contributed by atoms with E-state index < -0.39 is 0 Å². The maximum Gasteiger partial charge on any atom is 0.0456 e. The van der Waals surface area contributed by atoms with Crippen LogP contribution >= 0.6 is 0 Å². The normalized spacial score (nSPS) is 17.1. The number of fused-ring (bicyclic) bond motifs is 1. The van der Waals surface area contributed by atoms with Crippen molar-refractivity contribution in [3.05, 3.63) is 36.0 Å². The van der Waals surface area contributed by atoms with Crippen molar-refractivity contribution < 1.29 is 0 Å². The lowest BCUT2D eigenvalue weighted by Gasteiger charge is -2.27. The van der Waals surface area contributed by atoms with E-state index in [1.165, 1.54) is 36.0 Å². The van der Waals surface area contributed by atoms with Crippen LogP contribution in [0.15, 0.2) is 30.5 Å². The molecule has 0 atom stereocenters. The maximum absolute atomic E-state index is 3.32. The molecule has 1 fully saturated rings. The molecule has 2 aromatic rings. The molecule has 1 aliphatic rings. The molecule has 14 heavy (non-hydrogen) atoms. The zero-order valence-corrected chi connectivity index (χ0v) is 8.09. The van der Waals surface area contributed by atoms with Crippen LogP contribution in [0.5, 0.6) is 0 Å². The second kappa shape index (κ2) is 3.14. The Hall–Kier alpha value is -1.28. The molecular formula is C12H14N2. The van der Waals surface area contributed by atoms with Gasteiger partial charge in [-0.15, -0.1) is 0 Å². The molecule has 1 aromatic heterocycles. The van der Waals surface area contributed by atoms with Crippen molar-refractivity contribution in [2.24, 2.45) is 5.92 Å². The van der Waals surface area contributed by atoms with Crippen molar-refractivity contribution >= 4 is 10.9 Å². The molecule has 0 saturated carbocycles. The van der Waals surface area contributed by atoms with Gasteiger partial charge in [-0.05, 0) is 43.1 Å². The molecule has 2 heteroatoms. The third-order valence-corrected chi connectivity index (χ3v) is 3.06. The number of hydrogen-bond acceptors (Lipinski definition) is 1. The summed E-state index contributed by atoms with van der Waals surface area (Å²) >= 11 is 0. The predicted octanol–water partition coefficient (Wildman–Crippen LogP) is 1.93. The van der Waals surface area contributed by atoms with Gasteiger partial charge in [-0.2, -0.15) is 0 Å². The van der Waals surface area contributed by atoms with E-state index in [0.717, 1.165) is 5.92 Å². The average Bonchev–Trinajstić information content (AvgIpc) is 2.59. The van der Waals surface area contributed by atoms with E-state index in [-0.39, 0.29) is 0 Å². The van der Waals surface area contributed by atoms with Crippen LogP contribution in [-0.4, -0.2) is 18.1 Å². The van der Waals surface area contributed by atoms with Crippen LogP contribution in [0.1, 0.15) is 5.56 Å². The lowest BCUT2D eigenvalue weighted by molar-refractivity contribution is 0.347. The van der Waals surface area contributed by atoms with Crippen molar-refractivity contribution in [1.29, 1.82) is 0 Å². The number of aromatic nitrogens is 1. The highest BCUT2D eigenvalue weighted by molar-refractivity contribution is 5.82. The molecule has 2 N–H and O–H groups in total. The van der Waals surface area contributed by atoms with Gasteiger partial charge in [-0.1, -0.05) is 12.1 Å². The molecule has 72 valence electrons. The molecule has 0 unspecified atom stereocenters. The molecule has 0 amide bonds. The first-order valence-electron chi connectivity index (χ1n) is 5.19. The highest BCUT2D eigenvalue weighted by Crippen LogP contribution is 2.21. The van der Waals surface area contributed by atoms with E-state index >= 15 is 0 Å². The van der Waals surface area contributed by atoms with Crippen LogP contribution in [0.4, 0.5) is 0 Å². The van der Waals surface area contributed by atoms with E-state index in [2.05, 4.69) is 34.6 Å². The van der Waals surface area contributed by atoms with Crippen molar-refractivity contribution in [2.45, 2.75) is 6.42 Å². The van der Waals surface area contributed by atoms with E-state index in [0.29, 0.717) is 0 Å². The SMILES string of the molecule is c1cc(CC2CNC2)c2cc[nH]c2c1. The van der Waals surface area contributed by atoms with Gasteiger partial charge < -0.3 is 10.3 Å². The van der Waals surface area contributed by atoms with Gasteiger partial charge in [-0.3, -0.25) is 0 Å². The van der Waals surface area contributed by atoms with Gasteiger partial charge in [0.2, 0.25) is 0 Å². The highest BCUT2D eigenvalue weighted by atomic mass is 14.9. The van der Waals surface area contributed by atoms with E-state index in [1.807, 2.05) is 6.20 Å². The van der Waals surface area contributed by atoms with E-state index in [9.17, 15) is 0 Å². The van der Waals surface area contributed by atoms with Gasteiger partial charge in [0.05, 0.1) is 0 Å². The van der Waals surface area contributed by atoms with Gasteiger partial charge in [-0.25, -0.2) is 0 Å². The summed E-state index contributed by atoms with van der Waals surface area (Å²) in [5, 5.41) is 4.70. The summed E-state index contributed by atoms with van der Waals surface area (Å²) in [5.41, 5.74) is 2.74. The zero-order valence-electron chi connectivity index (χ0n) is 8.09. The fraction of sp³-hybridized carbons (Fsp3) is 0.333. The third kappa shape index (κ3) is 1.23. The Labute approximate surface area is 83.3 Å². The van der Waals surface area contributed by atoms with Crippen LogP contribution in [-0.2, 0) is 6.42 Å². The topological polar surface area (TPSA) is 27.8 Å². The molecule has 0 bridgehead atoms. The Kier molecular flexibility index (Phi) is 1.81. The number of H-pyrrole nitrogens is 1. The lowest BCUT2D eigenvalue weighted by Crippen LogP contribution is -2.43. The summed E-state index contributed by atoms with van der Waals surface area (Å²) in [4.78, 5) is 3.25. The number of rotatable bonds is 2. The first-order valence-corrected chi connectivity index (χ1v) is 5.19. The molecule has 1 aromatic carbocycles. The first-order chi connectivity index (χ1) is 6.93.